The van der Waals surface area contributed by atoms with Gasteiger partial charge < -0.3 is 0 Å². The normalized spacial score (nSPS) is 11.1. The third-order valence-electron chi connectivity index (χ3n) is 3.48. The summed E-state index contributed by atoms with van der Waals surface area (Å²) in [5, 5.41) is -0.473. The third-order valence-corrected chi connectivity index (χ3v) is 4.38. The summed E-state index contributed by atoms with van der Waals surface area (Å²) in [7, 11) is -0.453. The molecule has 6 heteroatoms. The fourth-order valence-electron chi connectivity index (χ4n) is 2.52. The average Bonchev–Trinajstić information content (AvgIpc) is 2.50. The molecule has 0 saturated heterocycles. The average molecular weight is 333 g/mol. The monoisotopic (exact) mass is 333 g/mol. The summed E-state index contributed by atoms with van der Waals surface area (Å²) in [6.07, 6.45) is 0. The Morgan fingerprint density at radius 3 is 2.13 bits per heavy atom. The fraction of sp³-hybridized carbons (Fsp3) is 0.0588. The van der Waals surface area contributed by atoms with Crippen molar-refractivity contribution < 1.29 is 13.2 Å². The second-order valence-electron chi connectivity index (χ2n) is 5.00. The van der Waals surface area contributed by atoms with Crippen molar-refractivity contribution in [3.8, 4) is 22.3 Å². The van der Waals surface area contributed by atoms with E-state index in [0.29, 0.717) is 29.0 Å². The molecule has 0 amide bonds. The van der Waals surface area contributed by atoms with Gasteiger partial charge in [-0.2, -0.15) is 0 Å². The first kappa shape index (κ1) is 15.5. The van der Waals surface area contributed by atoms with E-state index in [-0.39, 0.29) is 5.56 Å². The maximum Gasteiger partial charge on any atom is 0.219 e. The molecule has 23 heavy (non-hydrogen) atoms. The van der Waals surface area contributed by atoms with Gasteiger partial charge in [-0.05, 0) is 12.5 Å². The van der Waals surface area contributed by atoms with Gasteiger partial charge in [0.25, 0.3) is 0 Å². The highest BCUT2D eigenvalue weighted by molar-refractivity contribution is 7.24. The highest BCUT2D eigenvalue weighted by Crippen LogP contribution is 2.35. The van der Waals surface area contributed by atoms with Crippen LogP contribution >= 0.6 is 8.35 Å². The lowest BCUT2D eigenvalue weighted by Gasteiger charge is -2.13. The SMILES string of the molecule is Cc1n[pH]c(=O)c(-c2c(F)cc(F)cc2F)c1-c1ccccc1. The van der Waals surface area contributed by atoms with Crippen molar-refractivity contribution in [1.29, 1.82) is 0 Å². The van der Waals surface area contributed by atoms with Crippen LogP contribution in [-0.2, 0) is 0 Å². The van der Waals surface area contributed by atoms with Crippen molar-refractivity contribution in [2.75, 3.05) is 0 Å². The van der Waals surface area contributed by atoms with Gasteiger partial charge in [0.1, 0.15) is 17.5 Å². The van der Waals surface area contributed by atoms with E-state index in [1.807, 2.05) is 0 Å². The second kappa shape index (κ2) is 6.01. The van der Waals surface area contributed by atoms with E-state index in [0.717, 1.165) is 0 Å². The maximum absolute atomic E-state index is 14.2. The fourth-order valence-corrected chi connectivity index (χ4v) is 3.26. The minimum absolute atomic E-state index is 0.0861. The lowest BCUT2D eigenvalue weighted by Crippen LogP contribution is -2.07. The Morgan fingerprint density at radius 2 is 1.52 bits per heavy atom. The first-order chi connectivity index (χ1) is 11.0. The van der Waals surface area contributed by atoms with Gasteiger partial charge in [0, 0.05) is 31.7 Å². The van der Waals surface area contributed by atoms with Crippen LogP contribution in [0.15, 0.2) is 47.3 Å². The number of halogens is 3. The predicted octanol–water partition coefficient (Wildman–Crippen LogP) is 4.53. The van der Waals surface area contributed by atoms with E-state index in [2.05, 4.69) is 4.75 Å². The summed E-state index contributed by atoms with van der Waals surface area (Å²) < 4.78 is 45.7. The number of hydrogen-bond donors (Lipinski definition) is 0. The largest absolute Gasteiger partial charge is 0.283 e. The summed E-state index contributed by atoms with van der Waals surface area (Å²) in [5.74, 6) is -3.22. The van der Waals surface area contributed by atoms with Crippen LogP contribution in [0.5, 0.6) is 0 Å². The molecule has 2 nitrogen and oxygen atoms in total. The molecular weight excluding hydrogens is 322 g/mol. The molecule has 1 unspecified atom stereocenters. The Balaban J connectivity index is 2.42. The Labute approximate surface area is 131 Å². The van der Waals surface area contributed by atoms with Gasteiger partial charge in [-0.3, -0.25) is 4.79 Å². The van der Waals surface area contributed by atoms with Crippen molar-refractivity contribution >= 4 is 8.35 Å². The van der Waals surface area contributed by atoms with Gasteiger partial charge in [0.05, 0.1) is 11.1 Å². The molecule has 0 aliphatic carbocycles. The Morgan fingerprint density at radius 1 is 0.913 bits per heavy atom. The number of nitrogens with zero attached hydrogens (tertiary/aromatic N) is 1. The van der Waals surface area contributed by atoms with Gasteiger partial charge >= 0.3 is 0 Å². The molecular formula is C17H11F3NOP. The highest BCUT2D eigenvalue weighted by Gasteiger charge is 2.22. The van der Waals surface area contributed by atoms with Crippen molar-refractivity contribution in [3.05, 3.63) is 75.6 Å². The van der Waals surface area contributed by atoms with Crippen LogP contribution in [0.4, 0.5) is 13.2 Å². The molecule has 0 radical (unpaired) electrons. The Kier molecular flexibility index (Phi) is 4.05. The van der Waals surface area contributed by atoms with Crippen molar-refractivity contribution in [3.63, 3.8) is 0 Å². The van der Waals surface area contributed by atoms with Crippen molar-refractivity contribution in [1.82, 2.24) is 4.75 Å². The van der Waals surface area contributed by atoms with Crippen LogP contribution in [0.25, 0.3) is 22.3 Å². The molecule has 116 valence electrons. The van der Waals surface area contributed by atoms with Crippen molar-refractivity contribution in [2.24, 2.45) is 0 Å². The zero-order chi connectivity index (χ0) is 16.6. The van der Waals surface area contributed by atoms with Gasteiger partial charge in [-0.1, -0.05) is 30.3 Å². The summed E-state index contributed by atoms with van der Waals surface area (Å²) in [4.78, 5) is 12.3. The van der Waals surface area contributed by atoms with Crippen LogP contribution < -0.4 is 5.16 Å². The zero-order valence-corrected chi connectivity index (χ0v) is 13.0. The molecule has 1 heterocycles. The minimum atomic E-state index is -1.10. The molecule has 0 aliphatic heterocycles. The minimum Gasteiger partial charge on any atom is -0.283 e. The van der Waals surface area contributed by atoms with E-state index in [1.165, 1.54) is 0 Å². The standard InChI is InChI=1S/C17H11F3NOP/c1-9-14(10-5-3-2-4-6-10)16(17(22)23-21-9)15-12(19)7-11(18)8-13(15)20/h2-8,23H,1H3. The highest BCUT2D eigenvalue weighted by atomic mass is 31.0. The molecule has 3 aromatic rings. The van der Waals surface area contributed by atoms with Crippen molar-refractivity contribution in [2.45, 2.75) is 6.92 Å². The second-order valence-corrected chi connectivity index (χ2v) is 5.90. The molecule has 0 N–H and O–H groups in total. The molecule has 2 aromatic carbocycles. The molecule has 1 aromatic heterocycles. The summed E-state index contributed by atoms with van der Waals surface area (Å²) in [6, 6.07) is 9.92. The number of benzene rings is 2. The van der Waals surface area contributed by atoms with Crippen LogP contribution in [0.3, 0.4) is 0 Å². The summed E-state index contributed by atoms with van der Waals surface area (Å²) >= 11 is 0. The molecule has 0 bridgehead atoms. The van der Waals surface area contributed by atoms with Gasteiger partial charge in [-0.15, -0.1) is 0 Å². The van der Waals surface area contributed by atoms with Gasteiger partial charge in [-0.25, -0.2) is 17.9 Å². The van der Waals surface area contributed by atoms with Crippen LogP contribution in [0.1, 0.15) is 5.69 Å². The molecule has 3 rings (SSSR count). The molecule has 1 atom stereocenters. The van der Waals surface area contributed by atoms with E-state index in [4.69, 9.17) is 0 Å². The van der Waals surface area contributed by atoms with Gasteiger partial charge in [0.15, 0.2) is 0 Å². The first-order valence-electron chi connectivity index (χ1n) is 6.78. The Bertz CT molecular complexity index is 915. The number of aryl methyl sites for hydroxylation is 1. The quantitative estimate of drug-likeness (QED) is 0.689. The topological polar surface area (TPSA) is 30.0 Å². The Hall–Kier alpha value is -2.39. The number of hydrogen-bond acceptors (Lipinski definition) is 2. The third kappa shape index (κ3) is 2.80. The molecule has 0 fully saturated rings. The van der Waals surface area contributed by atoms with Crippen LogP contribution in [0, 0.1) is 24.4 Å². The summed E-state index contributed by atoms with van der Waals surface area (Å²) in [5.41, 5.74) is 0.935. The smallest absolute Gasteiger partial charge is 0.219 e. The van der Waals surface area contributed by atoms with Crippen LogP contribution in [0.2, 0.25) is 0 Å². The van der Waals surface area contributed by atoms with E-state index >= 15 is 0 Å². The lowest BCUT2D eigenvalue weighted by atomic mass is 9.95. The van der Waals surface area contributed by atoms with E-state index < -0.39 is 36.5 Å². The number of aromatic nitrogens is 1. The zero-order valence-electron chi connectivity index (χ0n) is 12.0. The van der Waals surface area contributed by atoms with E-state index in [1.54, 1.807) is 37.3 Å². The molecule has 0 spiro atoms. The van der Waals surface area contributed by atoms with Crippen LogP contribution in [-0.4, -0.2) is 4.75 Å². The first-order valence-corrected chi connectivity index (χ1v) is 7.73. The lowest BCUT2D eigenvalue weighted by molar-refractivity contribution is 0.548. The summed E-state index contributed by atoms with van der Waals surface area (Å²) in [6.45, 7) is 1.68. The van der Waals surface area contributed by atoms with Gasteiger partial charge in [0.2, 0.25) is 5.16 Å². The van der Waals surface area contributed by atoms with E-state index in [9.17, 15) is 18.0 Å². The maximum atomic E-state index is 14.2. The molecule has 0 aliphatic rings. The molecule has 0 saturated carbocycles. The number of rotatable bonds is 2. The predicted molar refractivity (Wildman–Crippen MR) is 85.5 cm³/mol.